The number of aliphatic carboxylic acids is 1. The molecule has 0 saturated carbocycles. The highest BCUT2D eigenvalue weighted by Gasteiger charge is 2.48. The van der Waals surface area contributed by atoms with E-state index in [1.165, 1.54) is 0 Å². The van der Waals surface area contributed by atoms with Crippen LogP contribution in [0, 0.1) is 17.3 Å². The van der Waals surface area contributed by atoms with Crippen LogP contribution in [0.1, 0.15) is 47.5 Å². The van der Waals surface area contributed by atoms with Crippen LogP contribution < -0.4 is 0 Å². The van der Waals surface area contributed by atoms with E-state index in [2.05, 4.69) is 0 Å². The van der Waals surface area contributed by atoms with Crippen molar-refractivity contribution >= 4 is 11.9 Å². The van der Waals surface area contributed by atoms with E-state index in [-0.39, 0.29) is 18.4 Å². The zero-order valence-electron chi connectivity index (χ0n) is 11.4. The predicted molar refractivity (Wildman–Crippen MR) is 65.6 cm³/mol. The molecular weight excluding hydrogens is 220 g/mol. The maximum atomic E-state index is 12.0. The molecule has 0 aliphatic rings. The zero-order chi connectivity index (χ0) is 13.6. The van der Waals surface area contributed by atoms with Gasteiger partial charge in [-0.2, -0.15) is 0 Å². The van der Waals surface area contributed by atoms with Crippen molar-refractivity contribution in [1.29, 1.82) is 0 Å². The van der Waals surface area contributed by atoms with Crippen molar-refractivity contribution in [2.75, 3.05) is 6.61 Å². The maximum absolute atomic E-state index is 12.0. The number of hydrogen-bond acceptors (Lipinski definition) is 3. The third-order valence-corrected chi connectivity index (χ3v) is 2.59. The standard InChI is InChI=1S/C13H24O4/c1-6-17-12(16)13(11(14)15,7-9(2)3)8-10(4)5/h9-10H,6-8H2,1-5H3,(H,14,15). The Morgan fingerprint density at radius 1 is 1.12 bits per heavy atom. The van der Waals surface area contributed by atoms with Gasteiger partial charge >= 0.3 is 11.9 Å². The Balaban J connectivity index is 5.23. The van der Waals surface area contributed by atoms with Gasteiger partial charge in [-0.15, -0.1) is 0 Å². The van der Waals surface area contributed by atoms with Crippen LogP contribution in [0.25, 0.3) is 0 Å². The summed E-state index contributed by atoms with van der Waals surface area (Å²) in [6.07, 6.45) is 0.638. The number of hydrogen-bond donors (Lipinski definition) is 1. The van der Waals surface area contributed by atoms with E-state index < -0.39 is 17.4 Å². The van der Waals surface area contributed by atoms with Crippen LogP contribution in [-0.4, -0.2) is 23.7 Å². The molecule has 0 aliphatic heterocycles. The summed E-state index contributed by atoms with van der Waals surface area (Å²) in [4.78, 5) is 23.5. The first-order valence-electron chi connectivity index (χ1n) is 6.16. The first-order valence-corrected chi connectivity index (χ1v) is 6.16. The molecule has 4 heteroatoms. The summed E-state index contributed by atoms with van der Waals surface area (Å²) in [5, 5.41) is 9.42. The van der Waals surface area contributed by atoms with Crippen LogP contribution in [0.4, 0.5) is 0 Å². The molecule has 0 aromatic heterocycles. The fraction of sp³-hybridized carbons (Fsp3) is 0.846. The van der Waals surface area contributed by atoms with Gasteiger partial charge in [-0.05, 0) is 31.6 Å². The van der Waals surface area contributed by atoms with Gasteiger partial charge in [0, 0.05) is 0 Å². The summed E-state index contributed by atoms with van der Waals surface area (Å²) < 4.78 is 4.95. The molecule has 0 fully saturated rings. The van der Waals surface area contributed by atoms with E-state index in [0.29, 0.717) is 12.8 Å². The molecule has 100 valence electrons. The fourth-order valence-electron chi connectivity index (χ4n) is 2.18. The summed E-state index contributed by atoms with van der Waals surface area (Å²) in [5.41, 5.74) is -1.39. The Morgan fingerprint density at radius 3 is 1.76 bits per heavy atom. The number of carboxylic acids is 1. The van der Waals surface area contributed by atoms with E-state index in [9.17, 15) is 14.7 Å². The van der Waals surface area contributed by atoms with E-state index in [4.69, 9.17) is 4.74 Å². The van der Waals surface area contributed by atoms with Crippen molar-refractivity contribution in [3.05, 3.63) is 0 Å². The number of carbonyl (C=O) groups is 2. The van der Waals surface area contributed by atoms with Crippen molar-refractivity contribution in [1.82, 2.24) is 0 Å². The molecule has 0 amide bonds. The molecule has 0 bridgehead atoms. The second-order valence-corrected chi connectivity index (χ2v) is 5.30. The van der Waals surface area contributed by atoms with E-state index in [1.807, 2.05) is 27.7 Å². The highest BCUT2D eigenvalue weighted by molar-refractivity contribution is 5.99. The van der Waals surface area contributed by atoms with Gasteiger partial charge in [-0.25, -0.2) is 0 Å². The monoisotopic (exact) mass is 244 g/mol. The van der Waals surface area contributed by atoms with E-state index in [0.717, 1.165) is 0 Å². The van der Waals surface area contributed by atoms with Crippen molar-refractivity contribution in [3.63, 3.8) is 0 Å². The lowest BCUT2D eigenvalue weighted by atomic mass is 9.74. The molecule has 0 aromatic rings. The summed E-state index contributed by atoms with van der Waals surface area (Å²) in [5.74, 6) is -1.41. The van der Waals surface area contributed by atoms with Crippen molar-refractivity contribution in [2.24, 2.45) is 17.3 Å². The number of ether oxygens (including phenoxy) is 1. The first kappa shape index (κ1) is 15.9. The molecule has 0 aromatic carbocycles. The lowest BCUT2D eigenvalue weighted by Crippen LogP contribution is -2.43. The SMILES string of the molecule is CCOC(=O)C(CC(C)C)(CC(C)C)C(=O)O. The molecule has 0 radical (unpaired) electrons. The minimum Gasteiger partial charge on any atom is -0.480 e. The molecule has 0 rings (SSSR count). The fourth-order valence-corrected chi connectivity index (χ4v) is 2.18. The Hall–Kier alpha value is -1.06. The highest BCUT2D eigenvalue weighted by atomic mass is 16.5. The van der Waals surface area contributed by atoms with Gasteiger partial charge in [0.15, 0.2) is 5.41 Å². The molecule has 0 heterocycles. The molecule has 0 spiro atoms. The third-order valence-electron chi connectivity index (χ3n) is 2.59. The lowest BCUT2D eigenvalue weighted by molar-refractivity contribution is -0.171. The number of carboxylic acid groups (broad SMARTS) is 1. The van der Waals surface area contributed by atoms with Crippen LogP contribution in [-0.2, 0) is 14.3 Å². The number of esters is 1. The molecule has 0 saturated heterocycles. The number of carbonyl (C=O) groups excluding carboxylic acids is 1. The van der Waals surface area contributed by atoms with Gasteiger partial charge < -0.3 is 9.84 Å². The minimum absolute atomic E-state index is 0.134. The topological polar surface area (TPSA) is 63.6 Å². The van der Waals surface area contributed by atoms with E-state index in [1.54, 1.807) is 6.92 Å². The van der Waals surface area contributed by atoms with Gasteiger partial charge in [0.25, 0.3) is 0 Å². The third kappa shape index (κ3) is 4.36. The summed E-state index contributed by atoms with van der Waals surface area (Å²) in [6.45, 7) is 9.56. The Kier molecular flexibility index (Phi) is 6.21. The second kappa shape index (κ2) is 6.62. The van der Waals surface area contributed by atoms with Gasteiger partial charge in [0.05, 0.1) is 6.61 Å². The molecular formula is C13H24O4. The largest absolute Gasteiger partial charge is 0.480 e. The molecule has 0 aliphatic carbocycles. The summed E-state index contributed by atoms with van der Waals surface area (Å²) in [7, 11) is 0. The molecule has 0 atom stereocenters. The second-order valence-electron chi connectivity index (χ2n) is 5.30. The van der Waals surface area contributed by atoms with Crippen LogP contribution in [0.15, 0.2) is 0 Å². The average Bonchev–Trinajstić information content (AvgIpc) is 2.14. The molecule has 4 nitrogen and oxygen atoms in total. The van der Waals surface area contributed by atoms with Crippen LogP contribution >= 0.6 is 0 Å². The summed E-state index contributed by atoms with van der Waals surface area (Å²) >= 11 is 0. The smallest absolute Gasteiger partial charge is 0.323 e. The Morgan fingerprint density at radius 2 is 1.53 bits per heavy atom. The van der Waals surface area contributed by atoms with Crippen LogP contribution in [0.2, 0.25) is 0 Å². The summed E-state index contributed by atoms with van der Waals surface area (Å²) in [6, 6.07) is 0. The van der Waals surface area contributed by atoms with Crippen molar-refractivity contribution in [3.8, 4) is 0 Å². The average molecular weight is 244 g/mol. The van der Waals surface area contributed by atoms with Crippen LogP contribution in [0.5, 0.6) is 0 Å². The first-order chi connectivity index (χ1) is 7.76. The van der Waals surface area contributed by atoms with Crippen molar-refractivity contribution < 1.29 is 19.4 Å². The van der Waals surface area contributed by atoms with Gasteiger partial charge in [-0.3, -0.25) is 9.59 Å². The maximum Gasteiger partial charge on any atom is 0.323 e. The predicted octanol–water partition coefficient (Wildman–Crippen LogP) is 2.71. The molecule has 17 heavy (non-hydrogen) atoms. The van der Waals surface area contributed by atoms with Crippen molar-refractivity contribution in [2.45, 2.75) is 47.5 Å². The zero-order valence-corrected chi connectivity index (χ0v) is 11.4. The molecule has 0 unspecified atom stereocenters. The molecule has 1 N–H and O–H groups in total. The lowest BCUT2D eigenvalue weighted by Gasteiger charge is -2.30. The van der Waals surface area contributed by atoms with Crippen LogP contribution in [0.3, 0.4) is 0 Å². The van der Waals surface area contributed by atoms with Gasteiger partial charge in [-0.1, -0.05) is 27.7 Å². The highest BCUT2D eigenvalue weighted by Crippen LogP contribution is 2.35. The minimum atomic E-state index is -1.39. The Bertz CT molecular complexity index is 259. The number of rotatable bonds is 7. The quantitative estimate of drug-likeness (QED) is 0.552. The normalized spacial score (nSPS) is 11.9. The van der Waals surface area contributed by atoms with Gasteiger partial charge in [0.1, 0.15) is 0 Å². The van der Waals surface area contributed by atoms with Gasteiger partial charge in [0.2, 0.25) is 0 Å². The van der Waals surface area contributed by atoms with E-state index >= 15 is 0 Å². The Labute approximate surface area is 103 Å².